The van der Waals surface area contributed by atoms with Crippen molar-refractivity contribution in [2.24, 2.45) is 0 Å². The lowest BCUT2D eigenvalue weighted by atomic mass is 10.1. The Morgan fingerprint density at radius 1 is 0.886 bits per heavy atom. The van der Waals surface area contributed by atoms with Crippen LogP contribution in [0, 0.1) is 6.92 Å². The molecule has 0 atom stereocenters. The number of nitrogens with two attached hydrogens (primary N) is 2. The van der Waals surface area contributed by atoms with Crippen molar-refractivity contribution in [1.29, 1.82) is 0 Å². The van der Waals surface area contributed by atoms with Crippen LogP contribution >= 0.6 is 31.9 Å². The van der Waals surface area contributed by atoms with Gasteiger partial charge in [0.05, 0.1) is 6.20 Å². The minimum Gasteiger partial charge on any atom is -0.304 e. The van der Waals surface area contributed by atoms with E-state index in [1.54, 1.807) is 10.7 Å². The third-order valence-corrected chi connectivity index (χ3v) is 5.24. The van der Waals surface area contributed by atoms with Gasteiger partial charge in [-0.05, 0) is 45.7 Å². The molecule has 178 valence electrons. The normalized spacial score (nSPS) is 10.1. The van der Waals surface area contributed by atoms with Crippen LogP contribution in [0.5, 0.6) is 0 Å². The highest BCUT2D eigenvalue weighted by atomic mass is 79.9. The number of carbonyl (C=O) groups is 1. The largest absolute Gasteiger partial charge is 0.322 e. The maximum Gasteiger partial charge on any atom is 0.322 e. The zero-order valence-corrected chi connectivity index (χ0v) is 22.2. The smallest absolute Gasteiger partial charge is 0.304 e. The van der Waals surface area contributed by atoms with Gasteiger partial charge in [0.1, 0.15) is 27.0 Å². The topological polar surface area (TPSA) is 129 Å². The predicted molar refractivity (Wildman–Crippen MR) is 143 cm³/mol. The first-order chi connectivity index (χ1) is 16.8. The van der Waals surface area contributed by atoms with Gasteiger partial charge in [-0.3, -0.25) is 11.6 Å². The summed E-state index contributed by atoms with van der Waals surface area (Å²) in [6, 6.07) is 19.6. The minimum absolute atomic E-state index is 0.435. The second kappa shape index (κ2) is 12.1. The maximum atomic E-state index is 8.81. The summed E-state index contributed by atoms with van der Waals surface area (Å²) >= 11 is 6.67. The molecule has 0 aliphatic heterocycles. The summed E-state index contributed by atoms with van der Waals surface area (Å²) in [6.45, 7) is 3.32. The number of hydrogen-bond donors (Lipinski definition) is 2. The average Bonchev–Trinajstić information content (AvgIpc) is 3.22. The third-order valence-electron chi connectivity index (χ3n) is 4.48. The van der Waals surface area contributed by atoms with Gasteiger partial charge in [-0.1, -0.05) is 60.7 Å². The Morgan fingerprint density at radius 3 is 1.97 bits per heavy atom. The van der Waals surface area contributed by atoms with E-state index in [9.17, 15) is 0 Å². The van der Waals surface area contributed by atoms with Gasteiger partial charge >= 0.3 is 5.82 Å². The molecule has 4 N–H and O–H groups in total. The Bertz CT molecular complexity index is 1430. The Labute approximate surface area is 219 Å². The lowest BCUT2D eigenvalue weighted by Gasteiger charge is -2.03. The number of aromatic nitrogens is 6. The molecule has 35 heavy (non-hydrogen) atoms. The molecule has 0 aliphatic rings. The van der Waals surface area contributed by atoms with Gasteiger partial charge < -0.3 is 4.79 Å². The molecule has 0 aliphatic carbocycles. The predicted octanol–water partition coefficient (Wildman–Crippen LogP) is 4.16. The molecule has 0 saturated heterocycles. The van der Waals surface area contributed by atoms with Gasteiger partial charge in [-0.25, -0.2) is 19.5 Å². The fourth-order valence-electron chi connectivity index (χ4n) is 3.07. The monoisotopic (exact) mass is 597 g/mol. The van der Waals surface area contributed by atoms with Crippen molar-refractivity contribution in [3.8, 4) is 22.5 Å². The number of anilines is 1. The van der Waals surface area contributed by atoms with Gasteiger partial charge in [0, 0.05) is 11.1 Å². The molecule has 9 nitrogen and oxygen atoms in total. The Kier molecular flexibility index (Phi) is 8.98. The molecule has 3 aromatic heterocycles. The number of carbonyl (C=O) groups excluding carboxylic acids is 1. The van der Waals surface area contributed by atoms with Crippen LogP contribution in [0.15, 0.2) is 82.3 Å². The quantitative estimate of drug-likeness (QED) is 0.177. The maximum absolute atomic E-state index is 8.81. The van der Waals surface area contributed by atoms with E-state index in [-0.39, 0.29) is 0 Å². The molecular weight excluding hydrogens is 576 g/mol. The van der Waals surface area contributed by atoms with Gasteiger partial charge in [0.2, 0.25) is 0 Å². The SMILES string of the molecule is CC=O.Cc1nc2c(-c3ccccc3)nc(Br)cn2n1.Nc1c(-c2ccccc2)nc(Br)c[n+]1N. The summed E-state index contributed by atoms with van der Waals surface area (Å²) in [5.41, 5.74) is 10.1. The van der Waals surface area contributed by atoms with Crippen molar-refractivity contribution in [3.63, 3.8) is 0 Å². The number of halogens is 2. The second-order valence-corrected chi connectivity index (χ2v) is 8.64. The van der Waals surface area contributed by atoms with Crippen molar-refractivity contribution < 1.29 is 9.47 Å². The summed E-state index contributed by atoms with van der Waals surface area (Å²) in [5, 5.41) is 4.30. The van der Waals surface area contributed by atoms with Crippen molar-refractivity contribution >= 4 is 49.6 Å². The Balaban J connectivity index is 0.000000177. The van der Waals surface area contributed by atoms with E-state index < -0.39 is 0 Å². The highest BCUT2D eigenvalue weighted by molar-refractivity contribution is 9.10. The lowest BCUT2D eigenvalue weighted by Crippen LogP contribution is -2.47. The van der Waals surface area contributed by atoms with E-state index in [1.165, 1.54) is 11.6 Å². The molecular formula is C24H23Br2N8O+. The van der Waals surface area contributed by atoms with Gasteiger partial charge in [0.15, 0.2) is 17.5 Å². The molecule has 2 aromatic carbocycles. The van der Waals surface area contributed by atoms with Crippen molar-refractivity contribution in [2.75, 3.05) is 11.6 Å². The van der Waals surface area contributed by atoms with Crippen LogP contribution in [0.1, 0.15) is 12.7 Å². The Morgan fingerprint density at radius 2 is 1.40 bits per heavy atom. The van der Waals surface area contributed by atoms with Crippen LogP contribution in [-0.4, -0.2) is 30.9 Å². The van der Waals surface area contributed by atoms with E-state index >= 15 is 0 Å². The van der Waals surface area contributed by atoms with Gasteiger partial charge in [0.25, 0.3) is 0 Å². The highest BCUT2D eigenvalue weighted by Crippen LogP contribution is 2.23. The zero-order chi connectivity index (χ0) is 25.4. The number of hydrogen-bond acceptors (Lipinski definition) is 7. The summed E-state index contributed by atoms with van der Waals surface area (Å²) in [7, 11) is 0. The Hall–Kier alpha value is -3.70. The van der Waals surface area contributed by atoms with Crippen LogP contribution in [0.3, 0.4) is 0 Å². The molecule has 0 spiro atoms. The first-order valence-electron chi connectivity index (χ1n) is 10.4. The molecule has 0 unspecified atom stereocenters. The van der Waals surface area contributed by atoms with E-state index in [0.717, 1.165) is 39.2 Å². The van der Waals surface area contributed by atoms with E-state index in [0.29, 0.717) is 16.1 Å². The number of aldehydes is 1. The summed E-state index contributed by atoms with van der Waals surface area (Å²) < 4.78 is 4.49. The molecule has 3 heterocycles. The molecule has 0 fully saturated rings. The summed E-state index contributed by atoms with van der Waals surface area (Å²) in [6.07, 6.45) is 4.17. The molecule has 0 amide bonds. The van der Waals surface area contributed by atoms with Crippen molar-refractivity contribution in [1.82, 2.24) is 24.6 Å². The third kappa shape index (κ3) is 6.67. The lowest BCUT2D eigenvalue weighted by molar-refractivity contribution is -0.624. The first-order valence-corrected chi connectivity index (χ1v) is 12.0. The summed E-state index contributed by atoms with van der Waals surface area (Å²) in [5.74, 6) is 6.85. The summed E-state index contributed by atoms with van der Waals surface area (Å²) in [4.78, 5) is 22.0. The molecule has 0 radical (unpaired) electrons. The van der Waals surface area contributed by atoms with Crippen LogP contribution in [0.4, 0.5) is 5.82 Å². The number of nitrogens with zero attached hydrogens (tertiary/aromatic N) is 6. The van der Waals surface area contributed by atoms with Gasteiger partial charge in [-0.2, -0.15) is 5.10 Å². The fraction of sp³-hybridized carbons (Fsp3) is 0.0833. The van der Waals surface area contributed by atoms with Gasteiger partial charge in [-0.15, -0.1) is 4.68 Å². The van der Waals surface area contributed by atoms with Crippen molar-refractivity contribution in [2.45, 2.75) is 13.8 Å². The zero-order valence-electron chi connectivity index (χ0n) is 19.0. The number of benzene rings is 2. The van der Waals surface area contributed by atoms with Crippen LogP contribution in [0.2, 0.25) is 0 Å². The molecule has 5 aromatic rings. The van der Waals surface area contributed by atoms with E-state index in [4.69, 9.17) is 16.4 Å². The average molecular weight is 599 g/mol. The molecule has 5 rings (SSSR count). The van der Waals surface area contributed by atoms with E-state index in [1.807, 2.05) is 73.8 Å². The fourth-order valence-corrected chi connectivity index (χ4v) is 3.84. The molecule has 0 bridgehead atoms. The number of aryl methyl sites for hydroxylation is 1. The number of fused-ring (bicyclic) bond motifs is 1. The number of rotatable bonds is 2. The minimum atomic E-state index is 0.435. The van der Waals surface area contributed by atoms with Crippen LogP contribution < -0.4 is 16.3 Å². The number of nitrogen functional groups attached to an aromatic ring is 2. The van der Waals surface area contributed by atoms with Crippen LogP contribution in [0.25, 0.3) is 28.2 Å². The highest BCUT2D eigenvalue weighted by Gasteiger charge is 2.14. The first kappa shape index (κ1) is 25.9. The molecule has 0 saturated carbocycles. The van der Waals surface area contributed by atoms with Crippen LogP contribution in [-0.2, 0) is 4.79 Å². The van der Waals surface area contributed by atoms with E-state index in [2.05, 4.69) is 51.9 Å². The molecule has 11 heteroatoms. The second-order valence-electron chi connectivity index (χ2n) is 7.01. The standard InChI is InChI=1S/C12H9BrN4.C10H9BrN4.C2H4O/c1-8-14-12-11(9-5-3-2-4-6-9)15-10(13)7-17(12)16-8;11-8-6-15(13)10(12)9(14-8)7-4-2-1-3-5-7;1-2-3/h2-7H,1H3;1-6,12H,13H2;2H,1H3/p+1. The van der Waals surface area contributed by atoms with Crippen molar-refractivity contribution in [3.05, 3.63) is 88.1 Å².